The molecule has 2 aromatic rings. The zero-order valence-corrected chi connectivity index (χ0v) is 12.3. The van der Waals surface area contributed by atoms with Gasteiger partial charge in [0.05, 0.1) is 5.69 Å². The largest absolute Gasteiger partial charge is 0.480 e. The monoisotopic (exact) mass is 286 g/mol. The summed E-state index contributed by atoms with van der Waals surface area (Å²) in [6.45, 7) is 5.51. The first-order chi connectivity index (χ1) is 9.88. The topological polar surface area (TPSA) is 72.2 Å². The maximum absolute atomic E-state index is 12.3. The van der Waals surface area contributed by atoms with E-state index in [1.54, 1.807) is 32.0 Å². The van der Waals surface area contributed by atoms with Crippen molar-refractivity contribution in [3.05, 3.63) is 52.8 Å². The van der Waals surface area contributed by atoms with Gasteiger partial charge < -0.3 is 5.11 Å². The second-order valence-electron chi connectivity index (χ2n) is 5.22. The minimum atomic E-state index is -1.05. The van der Waals surface area contributed by atoms with Crippen LogP contribution in [0.3, 0.4) is 0 Å². The molecular weight excluding hydrogens is 268 g/mol. The standard InChI is InChI=1S/C16H18N2O3/c1-10-4-6-13(7-5-10)15(19)9-14(16(20)21)18-12(3)8-11(2)17-18/h4-8,14H,9H2,1-3H3,(H,20,21). The molecule has 0 saturated heterocycles. The molecule has 0 fully saturated rings. The van der Waals surface area contributed by atoms with Crippen molar-refractivity contribution in [2.75, 3.05) is 0 Å². The molecule has 1 aromatic heterocycles. The summed E-state index contributed by atoms with van der Waals surface area (Å²) >= 11 is 0. The number of rotatable bonds is 5. The van der Waals surface area contributed by atoms with Crippen molar-refractivity contribution in [3.8, 4) is 0 Å². The average Bonchev–Trinajstić information content (AvgIpc) is 2.75. The molecule has 1 atom stereocenters. The third-order valence-electron chi connectivity index (χ3n) is 3.38. The van der Waals surface area contributed by atoms with Crippen molar-refractivity contribution in [2.45, 2.75) is 33.2 Å². The van der Waals surface area contributed by atoms with Gasteiger partial charge in [0.1, 0.15) is 0 Å². The smallest absolute Gasteiger partial charge is 0.328 e. The zero-order chi connectivity index (χ0) is 15.6. The molecule has 1 N–H and O–H groups in total. The van der Waals surface area contributed by atoms with Gasteiger partial charge in [0.25, 0.3) is 0 Å². The van der Waals surface area contributed by atoms with Crippen LogP contribution in [0.1, 0.15) is 39.8 Å². The van der Waals surface area contributed by atoms with Crippen LogP contribution in [-0.4, -0.2) is 26.6 Å². The lowest BCUT2D eigenvalue weighted by molar-refractivity contribution is -0.141. The Morgan fingerprint density at radius 2 is 1.81 bits per heavy atom. The lowest BCUT2D eigenvalue weighted by atomic mass is 10.0. The number of aryl methyl sites for hydroxylation is 3. The molecule has 0 aliphatic rings. The number of carbonyl (C=O) groups is 2. The molecule has 0 aliphatic heterocycles. The number of carboxylic acids is 1. The van der Waals surface area contributed by atoms with Gasteiger partial charge in [-0.3, -0.25) is 9.48 Å². The summed E-state index contributed by atoms with van der Waals surface area (Å²) < 4.78 is 1.41. The van der Waals surface area contributed by atoms with Crippen molar-refractivity contribution in [1.82, 2.24) is 9.78 Å². The van der Waals surface area contributed by atoms with Gasteiger partial charge in [-0.1, -0.05) is 29.8 Å². The maximum atomic E-state index is 12.3. The minimum Gasteiger partial charge on any atom is -0.480 e. The fraction of sp³-hybridized carbons (Fsp3) is 0.312. The Morgan fingerprint density at radius 3 is 2.29 bits per heavy atom. The van der Waals surface area contributed by atoms with Crippen LogP contribution in [0.5, 0.6) is 0 Å². The molecule has 110 valence electrons. The number of nitrogens with zero attached hydrogens (tertiary/aromatic N) is 2. The van der Waals surface area contributed by atoms with Crippen molar-refractivity contribution in [1.29, 1.82) is 0 Å². The molecule has 0 bridgehead atoms. The van der Waals surface area contributed by atoms with Gasteiger partial charge in [0.2, 0.25) is 0 Å². The molecule has 5 nitrogen and oxygen atoms in total. The number of aliphatic carboxylic acids is 1. The molecule has 0 radical (unpaired) electrons. The third kappa shape index (κ3) is 3.37. The molecule has 21 heavy (non-hydrogen) atoms. The normalized spacial score (nSPS) is 12.1. The number of aromatic nitrogens is 2. The summed E-state index contributed by atoms with van der Waals surface area (Å²) in [6, 6.07) is 7.94. The molecule has 5 heteroatoms. The second-order valence-corrected chi connectivity index (χ2v) is 5.22. The highest BCUT2D eigenvalue weighted by molar-refractivity contribution is 5.98. The molecule has 1 heterocycles. The van der Waals surface area contributed by atoms with E-state index in [9.17, 15) is 14.7 Å². The van der Waals surface area contributed by atoms with Crippen LogP contribution in [0.15, 0.2) is 30.3 Å². The predicted molar refractivity (Wildman–Crippen MR) is 78.5 cm³/mol. The zero-order valence-electron chi connectivity index (χ0n) is 12.3. The highest BCUT2D eigenvalue weighted by Gasteiger charge is 2.25. The van der Waals surface area contributed by atoms with Crippen LogP contribution in [0, 0.1) is 20.8 Å². The molecule has 1 aromatic carbocycles. The molecule has 1 unspecified atom stereocenters. The van der Waals surface area contributed by atoms with Gasteiger partial charge in [0, 0.05) is 17.7 Å². The number of benzene rings is 1. The predicted octanol–water partition coefficient (Wildman–Crippen LogP) is 2.71. The fourth-order valence-corrected chi connectivity index (χ4v) is 2.27. The fourth-order valence-electron chi connectivity index (χ4n) is 2.27. The Morgan fingerprint density at radius 1 is 1.19 bits per heavy atom. The maximum Gasteiger partial charge on any atom is 0.328 e. The van der Waals surface area contributed by atoms with Crippen LogP contribution in [0.25, 0.3) is 0 Å². The van der Waals surface area contributed by atoms with Crippen molar-refractivity contribution in [2.24, 2.45) is 0 Å². The van der Waals surface area contributed by atoms with E-state index in [2.05, 4.69) is 5.10 Å². The summed E-state index contributed by atoms with van der Waals surface area (Å²) in [5, 5.41) is 13.6. The van der Waals surface area contributed by atoms with Gasteiger partial charge in [0.15, 0.2) is 11.8 Å². The SMILES string of the molecule is Cc1ccc(C(=O)CC(C(=O)O)n2nc(C)cc2C)cc1. The summed E-state index contributed by atoms with van der Waals surface area (Å²) in [5.74, 6) is -1.25. The number of carbonyl (C=O) groups excluding carboxylic acids is 1. The molecule has 0 saturated carbocycles. The van der Waals surface area contributed by atoms with E-state index in [0.717, 1.165) is 17.0 Å². The number of carboxylic acid groups (broad SMARTS) is 1. The Bertz CT molecular complexity index is 671. The van der Waals surface area contributed by atoms with Gasteiger partial charge >= 0.3 is 5.97 Å². The van der Waals surface area contributed by atoms with Gasteiger partial charge in [-0.15, -0.1) is 0 Å². The summed E-state index contributed by atoms with van der Waals surface area (Å²) in [6.07, 6.45) is -0.111. The first-order valence-corrected chi connectivity index (χ1v) is 6.74. The molecule has 0 spiro atoms. The van der Waals surface area contributed by atoms with Crippen LogP contribution in [-0.2, 0) is 4.79 Å². The van der Waals surface area contributed by atoms with Gasteiger partial charge in [-0.2, -0.15) is 5.10 Å². The number of ketones is 1. The van der Waals surface area contributed by atoms with Gasteiger partial charge in [-0.05, 0) is 26.8 Å². The minimum absolute atomic E-state index is 0.111. The first kappa shape index (κ1) is 15.0. The van der Waals surface area contributed by atoms with Crippen molar-refractivity contribution < 1.29 is 14.7 Å². The van der Waals surface area contributed by atoms with Crippen LogP contribution < -0.4 is 0 Å². The highest BCUT2D eigenvalue weighted by Crippen LogP contribution is 2.18. The van der Waals surface area contributed by atoms with Crippen molar-refractivity contribution >= 4 is 11.8 Å². The van der Waals surface area contributed by atoms with E-state index in [0.29, 0.717) is 5.56 Å². The Kier molecular flexibility index (Phi) is 4.21. The number of hydrogen-bond acceptors (Lipinski definition) is 3. The third-order valence-corrected chi connectivity index (χ3v) is 3.38. The van der Waals surface area contributed by atoms with E-state index in [4.69, 9.17) is 0 Å². The van der Waals surface area contributed by atoms with E-state index in [-0.39, 0.29) is 12.2 Å². The summed E-state index contributed by atoms with van der Waals surface area (Å²) in [5.41, 5.74) is 3.05. The Balaban J connectivity index is 2.24. The Labute approximate surface area is 123 Å². The van der Waals surface area contributed by atoms with Crippen LogP contribution >= 0.6 is 0 Å². The second kappa shape index (κ2) is 5.91. The number of Topliss-reactive ketones (excluding diaryl/α,β-unsaturated/α-hetero) is 1. The molecule has 0 aliphatic carbocycles. The highest BCUT2D eigenvalue weighted by atomic mass is 16.4. The van der Waals surface area contributed by atoms with E-state index in [1.165, 1.54) is 4.68 Å². The van der Waals surface area contributed by atoms with Crippen LogP contribution in [0.2, 0.25) is 0 Å². The molecular formula is C16H18N2O3. The quantitative estimate of drug-likeness (QED) is 0.858. The van der Waals surface area contributed by atoms with Gasteiger partial charge in [-0.25, -0.2) is 4.79 Å². The van der Waals surface area contributed by atoms with E-state index in [1.807, 2.05) is 19.1 Å². The molecule has 2 rings (SSSR count). The first-order valence-electron chi connectivity index (χ1n) is 6.74. The van der Waals surface area contributed by atoms with Crippen molar-refractivity contribution in [3.63, 3.8) is 0 Å². The number of hydrogen-bond donors (Lipinski definition) is 1. The van der Waals surface area contributed by atoms with E-state index < -0.39 is 12.0 Å². The van der Waals surface area contributed by atoms with Crippen LogP contribution in [0.4, 0.5) is 0 Å². The summed E-state index contributed by atoms with van der Waals surface area (Å²) in [4.78, 5) is 23.7. The average molecular weight is 286 g/mol. The Hall–Kier alpha value is -2.43. The molecule has 0 amide bonds. The summed E-state index contributed by atoms with van der Waals surface area (Å²) in [7, 11) is 0. The lowest BCUT2D eigenvalue weighted by Gasteiger charge is -2.14. The lowest BCUT2D eigenvalue weighted by Crippen LogP contribution is -2.24. The van der Waals surface area contributed by atoms with E-state index >= 15 is 0 Å².